The molecule has 59 heavy (non-hydrogen) atoms. The molecule has 284 valence electrons. The van der Waals surface area contributed by atoms with E-state index in [4.69, 9.17) is 0 Å². The van der Waals surface area contributed by atoms with E-state index in [2.05, 4.69) is 129 Å². The lowest BCUT2D eigenvalue weighted by Gasteiger charge is -2.10. The van der Waals surface area contributed by atoms with E-state index in [1.807, 2.05) is 73.1 Å². The summed E-state index contributed by atoms with van der Waals surface area (Å²) >= 11 is 0. The number of hydrogen-bond donors (Lipinski definition) is 0. The second-order valence-electron chi connectivity index (χ2n) is 15.8. The van der Waals surface area contributed by atoms with Crippen LogP contribution < -0.4 is 4.57 Å². The molecule has 0 fully saturated rings. The number of aryl methyl sites for hydroxylation is 1. The molecule has 10 rings (SSSR count). The average Bonchev–Trinajstić information content (AvgIpc) is 3.81. The highest BCUT2D eigenvalue weighted by Crippen LogP contribution is 2.32. The van der Waals surface area contributed by atoms with Crippen LogP contribution in [0.3, 0.4) is 0 Å². The number of aromatic nitrogens is 2. The molecular formula is C53H43N4O2+3. The number of imidazole rings is 1. The molecule has 0 N–H and O–H groups in total. The lowest BCUT2D eigenvalue weighted by molar-refractivity contribution is -0.689. The summed E-state index contributed by atoms with van der Waals surface area (Å²) in [5.74, 6) is -0.350. The third-order valence-electron chi connectivity index (χ3n) is 11.8. The van der Waals surface area contributed by atoms with Gasteiger partial charge in [-0.25, -0.2) is 9.13 Å². The molecule has 6 nitrogen and oxygen atoms in total. The van der Waals surface area contributed by atoms with Crippen molar-refractivity contribution in [3.05, 3.63) is 214 Å². The number of benzene rings is 7. The summed E-state index contributed by atoms with van der Waals surface area (Å²) in [6.07, 6.45) is 4.95. The second kappa shape index (κ2) is 14.9. The standard InChI is InChI=1S/C53H43N4O2/c1-3-37(26-44-16-5-4-12-36(44)2)30-54-34-55(31-38-20-23-41-13-6-9-17-45(41)27-38)49-48(54)52(58)50-51(53(49)59)57(33-40-22-25-43-15-8-11-19-47(43)29-40)35-56(50)32-39-21-24-42-14-7-10-18-46(42)28-39/h4-29,35H,3,30-33H2,1-2H3/q+3. The monoisotopic (exact) mass is 767 g/mol. The number of nitrogens with zero attached hydrogens (tertiary/aromatic N) is 4. The lowest BCUT2D eigenvalue weighted by atomic mass is 9.96. The molecule has 0 amide bonds. The van der Waals surface area contributed by atoms with Crippen LogP contribution in [0.4, 0.5) is 0 Å². The molecule has 0 spiro atoms. The maximum atomic E-state index is 15.4. The fourth-order valence-corrected chi connectivity index (χ4v) is 8.70. The van der Waals surface area contributed by atoms with Gasteiger partial charge in [0.15, 0.2) is 13.1 Å². The zero-order chi connectivity index (χ0) is 40.0. The van der Waals surface area contributed by atoms with Gasteiger partial charge in [0.1, 0.15) is 13.1 Å². The number of rotatable bonds is 10. The number of carbonyl (C=O) groups is 2. The quantitative estimate of drug-likeness (QED) is 0.130. The maximum Gasteiger partial charge on any atom is 0.490 e. The Labute approximate surface area is 343 Å². The van der Waals surface area contributed by atoms with Crippen LogP contribution in [-0.2, 0) is 19.6 Å². The molecule has 8 aromatic rings. The van der Waals surface area contributed by atoms with E-state index in [0.29, 0.717) is 49.0 Å². The molecule has 1 aromatic heterocycles. The first-order valence-corrected chi connectivity index (χ1v) is 20.4. The van der Waals surface area contributed by atoms with Crippen LogP contribution in [0.2, 0.25) is 0 Å². The molecule has 1 aliphatic heterocycles. The van der Waals surface area contributed by atoms with Crippen molar-refractivity contribution in [1.82, 2.24) is 4.57 Å². The average molecular weight is 768 g/mol. The van der Waals surface area contributed by atoms with Crippen LogP contribution in [0.15, 0.2) is 175 Å². The summed E-state index contributed by atoms with van der Waals surface area (Å²) in [7, 11) is 0. The predicted molar refractivity (Wildman–Crippen MR) is 234 cm³/mol. The van der Waals surface area contributed by atoms with Gasteiger partial charge in [0, 0.05) is 5.56 Å². The normalized spacial score (nSPS) is 14.0. The summed E-state index contributed by atoms with van der Waals surface area (Å²) in [6, 6.07) is 56.0. The maximum absolute atomic E-state index is 15.4. The Kier molecular flexibility index (Phi) is 9.12. The predicted octanol–water partition coefficient (Wildman–Crippen LogP) is 10.1. The number of carbonyl (C=O) groups excluding carboxylic acids is 2. The third kappa shape index (κ3) is 6.74. The molecule has 0 bridgehead atoms. The van der Waals surface area contributed by atoms with Gasteiger partial charge in [-0.2, -0.15) is 0 Å². The first kappa shape index (κ1) is 36.1. The van der Waals surface area contributed by atoms with Crippen molar-refractivity contribution in [1.29, 1.82) is 0 Å². The fourth-order valence-electron chi connectivity index (χ4n) is 8.70. The van der Waals surface area contributed by atoms with Crippen molar-refractivity contribution in [2.24, 2.45) is 0 Å². The summed E-state index contributed by atoms with van der Waals surface area (Å²) in [5.41, 5.74) is 8.14. The number of Topliss-reactive ketones (excluding diaryl/α,β-unsaturated/α-hetero) is 2. The van der Waals surface area contributed by atoms with E-state index in [1.54, 1.807) is 0 Å². The van der Waals surface area contributed by atoms with E-state index >= 15 is 9.59 Å². The van der Waals surface area contributed by atoms with E-state index in [9.17, 15) is 0 Å². The van der Waals surface area contributed by atoms with E-state index in [1.165, 1.54) is 5.56 Å². The van der Waals surface area contributed by atoms with Crippen LogP contribution in [-0.4, -0.2) is 37.8 Å². The molecule has 2 aliphatic rings. The van der Waals surface area contributed by atoms with Crippen LogP contribution in [0.25, 0.3) is 38.4 Å². The topological polar surface area (TPSA) is 49.0 Å². The van der Waals surface area contributed by atoms with Crippen molar-refractivity contribution in [3.63, 3.8) is 0 Å². The van der Waals surface area contributed by atoms with Gasteiger partial charge in [0.2, 0.25) is 17.7 Å². The zero-order valence-corrected chi connectivity index (χ0v) is 33.2. The Hall–Kier alpha value is -7.27. The van der Waals surface area contributed by atoms with Crippen LogP contribution in [0.5, 0.6) is 0 Å². The highest BCUT2D eigenvalue weighted by atomic mass is 16.1. The minimum absolute atomic E-state index is 0.174. The van der Waals surface area contributed by atoms with Gasteiger partial charge in [-0.1, -0.05) is 150 Å². The summed E-state index contributed by atoms with van der Waals surface area (Å²) < 4.78 is 7.74. The zero-order valence-electron chi connectivity index (χ0n) is 33.2. The van der Waals surface area contributed by atoms with Crippen molar-refractivity contribution in [2.75, 3.05) is 6.54 Å². The van der Waals surface area contributed by atoms with Crippen molar-refractivity contribution >= 4 is 56.0 Å². The molecule has 6 heteroatoms. The third-order valence-corrected chi connectivity index (χ3v) is 11.8. The van der Waals surface area contributed by atoms with Crippen LogP contribution >= 0.6 is 0 Å². The summed E-state index contributed by atoms with van der Waals surface area (Å²) in [4.78, 5) is 30.8. The largest absolute Gasteiger partial charge is 0.490 e. The molecule has 2 heterocycles. The van der Waals surface area contributed by atoms with Crippen LogP contribution in [0.1, 0.15) is 62.1 Å². The van der Waals surface area contributed by atoms with Gasteiger partial charge in [-0.15, -0.1) is 0 Å². The number of allylic oxidation sites excluding steroid dienone is 2. The van der Waals surface area contributed by atoms with Crippen molar-refractivity contribution in [3.8, 4) is 0 Å². The first-order chi connectivity index (χ1) is 28.9. The van der Waals surface area contributed by atoms with Gasteiger partial charge in [-0.05, 0) is 97.8 Å². The number of fused-ring (bicyclic) bond motifs is 4. The van der Waals surface area contributed by atoms with Gasteiger partial charge in [-0.3, -0.25) is 9.59 Å². The Morgan fingerprint density at radius 1 is 0.593 bits per heavy atom. The second-order valence-corrected chi connectivity index (χ2v) is 15.8. The summed E-state index contributed by atoms with van der Waals surface area (Å²) in [5, 5.41) is 6.84. The van der Waals surface area contributed by atoms with E-state index < -0.39 is 0 Å². The molecule has 1 aliphatic carbocycles. The van der Waals surface area contributed by atoms with Gasteiger partial charge in [0.25, 0.3) is 0 Å². The highest BCUT2D eigenvalue weighted by molar-refractivity contribution is 6.23. The van der Waals surface area contributed by atoms with E-state index in [0.717, 1.165) is 66.6 Å². The Morgan fingerprint density at radius 2 is 1.12 bits per heavy atom. The molecule has 0 unspecified atom stereocenters. The fraction of sp³-hybridized carbons (Fsp3) is 0.132. The Bertz CT molecular complexity index is 3190. The lowest BCUT2D eigenvalue weighted by Crippen LogP contribution is -2.42. The number of ketones is 2. The first-order valence-electron chi connectivity index (χ1n) is 20.4. The van der Waals surface area contributed by atoms with Crippen molar-refractivity contribution < 1.29 is 23.3 Å². The summed E-state index contributed by atoms with van der Waals surface area (Å²) in [6.45, 7) is 5.93. The molecule has 0 saturated carbocycles. The minimum Gasteiger partial charge on any atom is -0.277 e. The smallest absolute Gasteiger partial charge is 0.277 e. The van der Waals surface area contributed by atoms with Gasteiger partial charge in [0.05, 0.1) is 0 Å². The van der Waals surface area contributed by atoms with Crippen molar-refractivity contribution in [2.45, 2.75) is 39.9 Å². The highest BCUT2D eigenvalue weighted by Gasteiger charge is 2.56. The minimum atomic E-state index is -0.177. The molecular weight excluding hydrogens is 725 g/mol. The Balaban J connectivity index is 1.11. The molecule has 0 atom stereocenters. The van der Waals surface area contributed by atoms with Gasteiger partial charge < -0.3 is 0 Å². The number of hydrogen-bond acceptors (Lipinski definition) is 2. The SMILES string of the molecule is CCC(=Cc1ccccc1C)C[N+]1=C=[N+](Cc2ccc3ccccc3c2)C2=C1C(=O)c1c(n(Cc3ccc4ccccc4c3)c[n+]1Cc1ccc3ccccc3c1)C2=O. The van der Waals surface area contributed by atoms with Crippen LogP contribution in [0, 0.1) is 6.92 Å². The molecule has 0 radical (unpaired) electrons. The van der Waals surface area contributed by atoms with Gasteiger partial charge >= 0.3 is 29.0 Å². The molecule has 7 aromatic carbocycles. The Morgan fingerprint density at radius 3 is 1.73 bits per heavy atom. The molecule has 0 saturated heterocycles. The van der Waals surface area contributed by atoms with E-state index in [-0.39, 0.29) is 11.6 Å².